The fourth-order valence-corrected chi connectivity index (χ4v) is 2.39. The van der Waals surface area contributed by atoms with Gasteiger partial charge in [0.05, 0.1) is 17.3 Å². The zero-order valence-electron chi connectivity index (χ0n) is 13.4. The van der Waals surface area contributed by atoms with Crippen LogP contribution in [0.5, 0.6) is 0 Å². The molecule has 0 spiro atoms. The molecule has 0 aliphatic heterocycles. The van der Waals surface area contributed by atoms with E-state index in [1.54, 1.807) is 23.0 Å². The minimum atomic E-state index is -0.231. The highest BCUT2D eigenvalue weighted by atomic mass is 16.2. The molecule has 2 heterocycles. The standard InChI is InChI=1S/C17H17N5O2/c1-12(21(2)17(24)14-5-8-16(23)19-9-14)13-3-6-15(7-4-13)22-11-18-10-20-22/h3-12H,1-2H3,(H,19,23)/t12-/m1/s1. The normalized spacial score (nSPS) is 11.9. The first-order valence-electron chi connectivity index (χ1n) is 7.47. The molecule has 3 aromatic rings. The number of hydrogen-bond acceptors (Lipinski definition) is 4. The van der Waals surface area contributed by atoms with Crippen LogP contribution in [-0.2, 0) is 0 Å². The maximum Gasteiger partial charge on any atom is 0.255 e. The van der Waals surface area contributed by atoms with Crippen LogP contribution in [0.1, 0.15) is 28.9 Å². The minimum absolute atomic E-state index is 0.116. The number of hydrogen-bond donors (Lipinski definition) is 1. The molecule has 24 heavy (non-hydrogen) atoms. The van der Waals surface area contributed by atoms with E-state index in [2.05, 4.69) is 15.1 Å². The van der Waals surface area contributed by atoms with Crippen molar-refractivity contribution in [2.24, 2.45) is 0 Å². The molecule has 7 nitrogen and oxygen atoms in total. The molecule has 2 aromatic heterocycles. The number of aromatic nitrogens is 4. The summed E-state index contributed by atoms with van der Waals surface area (Å²) < 4.78 is 1.67. The monoisotopic (exact) mass is 323 g/mol. The van der Waals surface area contributed by atoms with Crippen LogP contribution in [-0.4, -0.2) is 37.6 Å². The van der Waals surface area contributed by atoms with Crippen LogP contribution < -0.4 is 5.56 Å². The molecule has 7 heteroatoms. The van der Waals surface area contributed by atoms with Crippen molar-refractivity contribution in [1.29, 1.82) is 0 Å². The average Bonchev–Trinajstić information content (AvgIpc) is 3.15. The predicted molar refractivity (Wildman–Crippen MR) is 88.9 cm³/mol. The van der Waals surface area contributed by atoms with Gasteiger partial charge in [-0.05, 0) is 30.7 Å². The molecule has 122 valence electrons. The summed E-state index contributed by atoms with van der Waals surface area (Å²) in [6.45, 7) is 1.95. The summed E-state index contributed by atoms with van der Waals surface area (Å²) in [5.74, 6) is -0.154. The van der Waals surface area contributed by atoms with Crippen LogP contribution in [0, 0.1) is 0 Å². The molecule has 1 N–H and O–H groups in total. The number of amides is 1. The Kier molecular flexibility index (Phi) is 4.24. The van der Waals surface area contributed by atoms with E-state index in [1.807, 2.05) is 31.2 Å². The van der Waals surface area contributed by atoms with Gasteiger partial charge in [0.15, 0.2) is 0 Å². The maximum absolute atomic E-state index is 12.5. The molecule has 3 rings (SSSR count). The van der Waals surface area contributed by atoms with Gasteiger partial charge >= 0.3 is 0 Å². The zero-order valence-corrected chi connectivity index (χ0v) is 13.4. The van der Waals surface area contributed by atoms with Crippen molar-refractivity contribution in [3.05, 3.63) is 76.7 Å². The van der Waals surface area contributed by atoms with Crippen LogP contribution in [0.15, 0.2) is 60.0 Å². The highest BCUT2D eigenvalue weighted by Crippen LogP contribution is 2.21. The van der Waals surface area contributed by atoms with Gasteiger partial charge in [0.25, 0.3) is 5.91 Å². The largest absolute Gasteiger partial charge is 0.335 e. The summed E-state index contributed by atoms with van der Waals surface area (Å²) in [6, 6.07) is 10.5. The van der Waals surface area contributed by atoms with Crippen molar-refractivity contribution >= 4 is 5.91 Å². The van der Waals surface area contributed by atoms with Crippen molar-refractivity contribution in [1.82, 2.24) is 24.6 Å². The third-order valence-corrected chi connectivity index (χ3v) is 3.99. The first-order chi connectivity index (χ1) is 11.6. The van der Waals surface area contributed by atoms with E-state index in [1.165, 1.54) is 24.7 Å². The molecule has 0 radical (unpaired) electrons. The molecular weight excluding hydrogens is 306 g/mol. The molecule has 0 aliphatic rings. The Bertz CT molecular complexity index is 864. The highest BCUT2D eigenvalue weighted by molar-refractivity contribution is 5.93. The lowest BCUT2D eigenvalue weighted by Crippen LogP contribution is -2.30. The molecule has 0 aliphatic carbocycles. The van der Waals surface area contributed by atoms with Crippen LogP contribution in [0.25, 0.3) is 5.69 Å². The molecule has 1 atom stereocenters. The van der Waals surface area contributed by atoms with Crippen molar-refractivity contribution < 1.29 is 4.79 Å². The van der Waals surface area contributed by atoms with E-state index in [9.17, 15) is 9.59 Å². The van der Waals surface area contributed by atoms with E-state index in [0.29, 0.717) is 5.56 Å². The first kappa shape index (κ1) is 15.7. The smallest absolute Gasteiger partial charge is 0.255 e. The number of benzene rings is 1. The number of nitrogens with zero attached hydrogens (tertiary/aromatic N) is 4. The van der Waals surface area contributed by atoms with Gasteiger partial charge in [-0.25, -0.2) is 9.67 Å². The fourth-order valence-electron chi connectivity index (χ4n) is 2.39. The second-order valence-corrected chi connectivity index (χ2v) is 5.47. The Balaban J connectivity index is 1.77. The number of pyridine rings is 1. The fraction of sp³-hybridized carbons (Fsp3) is 0.176. The number of nitrogens with one attached hydrogen (secondary N) is 1. The van der Waals surface area contributed by atoms with Gasteiger partial charge in [-0.15, -0.1) is 0 Å². The zero-order chi connectivity index (χ0) is 17.1. The third kappa shape index (κ3) is 3.10. The second kappa shape index (κ2) is 6.49. The topological polar surface area (TPSA) is 83.9 Å². The van der Waals surface area contributed by atoms with Gasteiger partial charge in [-0.3, -0.25) is 9.59 Å². The molecule has 1 aromatic carbocycles. The maximum atomic E-state index is 12.5. The summed E-state index contributed by atoms with van der Waals surface area (Å²) in [6.07, 6.45) is 4.54. The van der Waals surface area contributed by atoms with E-state index in [4.69, 9.17) is 0 Å². The molecule has 1 amide bonds. The number of aromatic amines is 1. The average molecular weight is 323 g/mol. The van der Waals surface area contributed by atoms with Gasteiger partial charge in [0, 0.05) is 19.3 Å². The Morgan fingerprint density at radius 1 is 1.21 bits per heavy atom. The molecule has 0 bridgehead atoms. The van der Waals surface area contributed by atoms with Crippen LogP contribution >= 0.6 is 0 Å². The van der Waals surface area contributed by atoms with Crippen molar-refractivity contribution in [2.75, 3.05) is 7.05 Å². The van der Waals surface area contributed by atoms with E-state index in [-0.39, 0.29) is 17.5 Å². The molecule has 0 saturated carbocycles. The quantitative estimate of drug-likeness (QED) is 0.793. The summed E-state index contributed by atoms with van der Waals surface area (Å²) in [4.78, 5) is 31.7. The Hall–Kier alpha value is -3.22. The highest BCUT2D eigenvalue weighted by Gasteiger charge is 2.19. The predicted octanol–water partition coefficient (Wildman–Crippen LogP) is 1.79. The lowest BCUT2D eigenvalue weighted by molar-refractivity contribution is 0.0742. The van der Waals surface area contributed by atoms with Crippen LogP contribution in [0.4, 0.5) is 0 Å². The summed E-state index contributed by atoms with van der Waals surface area (Å²) in [7, 11) is 1.74. The second-order valence-electron chi connectivity index (χ2n) is 5.47. The van der Waals surface area contributed by atoms with Gasteiger partial charge in [-0.1, -0.05) is 12.1 Å². The summed E-state index contributed by atoms with van der Waals surface area (Å²) in [5, 5.41) is 4.08. The van der Waals surface area contributed by atoms with Gasteiger partial charge < -0.3 is 9.88 Å². The molecule has 0 fully saturated rings. The first-order valence-corrected chi connectivity index (χ1v) is 7.47. The van der Waals surface area contributed by atoms with E-state index >= 15 is 0 Å². The molecule has 0 unspecified atom stereocenters. The van der Waals surface area contributed by atoms with Crippen molar-refractivity contribution in [3.63, 3.8) is 0 Å². The van der Waals surface area contributed by atoms with Crippen LogP contribution in [0.2, 0.25) is 0 Å². The lowest BCUT2D eigenvalue weighted by Gasteiger charge is -2.25. The number of carbonyl (C=O) groups is 1. The van der Waals surface area contributed by atoms with Gasteiger partial charge in [0.1, 0.15) is 12.7 Å². The van der Waals surface area contributed by atoms with Crippen molar-refractivity contribution in [3.8, 4) is 5.69 Å². The SMILES string of the molecule is C[C@H](c1ccc(-n2cncn2)cc1)N(C)C(=O)c1ccc(=O)[nH]c1. The Morgan fingerprint density at radius 2 is 1.96 bits per heavy atom. The van der Waals surface area contributed by atoms with Gasteiger partial charge in [-0.2, -0.15) is 5.10 Å². The summed E-state index contributed by atoms with van der Waals surface area (Å²) in [5.41, 5.74) is 2.12. The minimum Gasteiger partial charge on any atom is -0.335 e. The third-order valence-electron chi connectivity index (χ3n) is 3.99. The Labute approximate surface area is 138 Å². The van der Waals surface area contributed by atoms with Crippen LogP contribution in [0.3, 0.4) is 0 Å². The summed E-state index contributed by atoms with van der Waals surface area (Å²) >= 11 is 0. The lowest BCUT2D eigenvalue weighted by atomic mass is 10.1. The number of carbonyl (C=O) groups excluding carboxylic acids is 1. The van der Waals surface area contributed by atoms with E-state index in [0.717, 1.165) is 11.3 Å². The number of H-pyrrole nitrogens is 1. The molecular formula is C17H17N5O2. The van der Waals surface area contributed by atoms with E-state index < -0.39 is 0 Å². The van der Waals surface area contributed by atoms with Crippen molar-refractivity contribution in [2.45, 2.75) is 13.0 Å². The number of rotatable bonds is 4. The van der Waals surface area contributed by atoms with Gasteiger partial charge in [0.2, 0.25) is 5.56 Å². The Morgan fingerprint density at radius 3 is 2.54 bits per heavy atom. The molecule has 0 saturated heterocycles.